The fourth-order valence-electron chi connectivity index (χ4n) is 2.47. The lowest BCUT2D eigenvalue weighted by atomic mass is 10.2. The Kier molecular flexibility index (Phi) is 3.42. The van der Waals surface area contributed by atoms with Gasteiger partial charge in [-0.25, -0.2) is 4.98 Å². The molecule has 4 N–H and O–H groups in total. The van der Waals surface area contributed by atoms with Crippen LogP contribution in [0.3, 0.4) is 0 Å². The largest absolute Gasteiger partial charge is 0.480 e. The number of nitrogens with zero attached hydrogens (tertiary/aromatic N) is 2. The van der Waals surface area contributed by atoms with E-state index in [1.807, 2.05) is 0 Å². The predicted octanol–water partition coefficient (Wildman–Crippen LogP) is 0.876. The average molecular weight is 282 g/mol. The van der Waals surface area contributed by atoms with Gasteiger partial charge in [-0.2, -0.15) is 0 Å². The van der Waals surface area contributed by atoms with Gasteiger partial charge in [0.2, 0.25) is 0 Å². The lowest BCUT2D eigenvalue weighted by molar-refractivity contribution is -0.138. The van der Waals surface area contributed by atoms with Crippen LogP contribution < -0.4 is 11.1 Å². The second kappa shape index (κ2) is 5.07. The van der Waals surface area contributed by atoms with Gasteiger partial charge in [-0.15, -0.1) is 11.3 Å². The number of rotatable bonds is 5. The first-order valence-corrected chi connectivity index (χ1v) is 7.46. The maximum Gasteiger partial charge on any atom is 0.326 e. The van der Waals surface area contributed by atoms with Gasteiger partial charge in [-0.3, -0.25) is 9.69 Å². The molecule has 3 rings (SSSR count). The van der Waals surface area contributed by atoms with E-state index in [-0.39, 0.29) is 0 Å². The van der Waals surface area contributed by atoms with Gasteiger partial charge >= 0.3 is 5.97 Å². The van der Waals surface area contributed by atoms with E-state index in [4.69, 9.17) is 10.8 Å². The van der Waals surface area contributed by atoms with Crippen molar-refractivity contribution in [3.63, 3.8) is 0 Å². The molecule has 0 bridgehead atoms. The monoisotopic (exact) mass is 282 g/mol. The summed E-state index contributed by atoms with van der Waals surface area (Å²) < 4.78 is 0. The molecule has 1 aliphatic heterocycles. The number of carbonyl (C=O) groups is 1. The smallest absolute Gasteiger partial charge is 0.326 e. The third-order valence-corrected chi connectivity index (χ3v) is 4.51. The van der Waals surface area contributed by atoms with Crippen LogP contribution in [-0.2, 0) is 4.79 Å². The first-order valence-electron chi connectivity index (χ1n) is 6.58. The van der Waals surface area contributed by atoms with Gasteiger partial charge in [0, 0.05) is 30.6 Å². The standard InChI is InChI=1S/C12H18N4O2S/c13-10(11(17)18)9-6-19-12(15-9)14-7-3-4-16(5-7)8-1-2-8/h6-8,10H,1-5,13H2,(H,14,15)(H,17,18). The molecule has 1 aliphatic carbocycles. The highest BCUT2D eigenvalue weighted by Crippen LogP contribution is 2.31. The summed E-state index contributed by atoms with van der Waals surface area (Å²) in [6.07, 6.45) is 3.79. The lowest BCUT2D eigenvalue weighted by Gasteiger charge is -2.15. The van der Waals surface area contributed by atoms with E-state index in [1.165, 1.54) is 24.2 Å². The van der Waals surface area contributed by atoms with Crippen LogP contribution in [0.1, 0.15) is 31.0 Å². The van der Waals surface area contributed by atoms with E-state index in [9.17, 15) is 4.79 Å². The zero-order valence-corrected chi connectivity index (χ0v) is 11.4. The SMILES string of the molecule is NC(C(=O)O)c1csc(NC2CCN(C3CC3)C2)n1. The second-order valence-corrected chi connectivity index (χ2v) is 6.11. The van der Waals surface area contributed by atoms with Crippen LogP contribution in [0.5, 0.6) is 0 Å². The fourth-order valence-corrected chi connectivity index (χ4v) is 3.30. The molecule has 1 aromatic rings. The van der Waals surface area contributed by atoms with Crippen LogP contribution in [0.4, 0.5) is 5.13 Å². The second-order valence-electron chi connectivity index (χ2n) is 5.25. The van der Waals surface area contributed by atoms with E-state index in [0.29, 0.717) is 11.7 Å². The van der Waals surface area contributed by atoms with Crippen LogP contribution in [0, 0.1) is 0 Å². The van der Waals surface area contributed by atoms with Crippen molar-refractivity contribution in [3.05, 3.63) is 11.1 Å². The molecule has 19 heavy (non-hydrogen) atoms. The van der Waals surface area contributed by atoms with Crippen molar-refractivity contribution in [2.45, 2.75) is 37.4 Å². The molecule has 2 heterocycles. The Labute approximate surface area is 115 Å². The van der Waals surface area contributed by atoms with Gasteiger partial charge in [0.15, 0.2) is 5.13 Å². The van der Waals surface area contributed by atoms with Crippen molar-refractivity contribution in [1.29, 1.82) is 0 Å². The highest BCUT2D eigenvalue weighted by molar-refractivity contribution is 7.13. The zero-order chi connectivity index (χ0) is 13.4. The van der Waals surface area contributed by atoms with Crippen molar-refractivity contribution < 1.29 is 9.90 Å². The summed E-state index contributed by atoms with van der Waals surface area (Å²) in [6.45, 7) is 2.21. The van der Waals surface area contributed by atoms with Crippen molar-refractivity contribution in [2.24, 2.45) is 5.73 Å². The van der Waals surface area contributed by atoms with Gasteiger partial charge in [0.25, 0.3) is 0 Å². The van der Waals surface area contributed by atoms with Crippen LogP contribution in [0.2, 0.25) is 0 Å². The van der Waals surface area contributed by atoms with E-state index < -0.39 is 12.0 Å². The molecule has 2 atom stereocenters. The summed E-state index contributed by atoms with van der Waals surface area (Å²) in [7, 11) is 0. The number of aliphatic carboxylic acids is 1. The number of nitrogens with two attached hydrogens (primary N) is 1. The van der Waals surface area contributed by atoms with Crippen molar-refractivity contribution in [2.75, 3.05) is 18.4 Å². The Hall–Kier alpha value is -1.18. The Balaban J connectivity index is 1.56. The first-order chi connectivity index (χ1) is 9.13. The van der Waals surface area contributed by atoms with E-state index in [2.05, 4.69) is 15.2 Å². The van der Waals surface area contributed by atoms with Crippen molar-refractivity contribution in [1.82, 2.24) is 9.88 Å². The highest BCUT2D eigenvalue weighted by Gasteiger charge is 2.34. The number of hydrogen-bond acceptors (Lipinski definition) is 6. The average Bonchev–Trinajstić information content (AvgIpc) is 2.96. The maximum absolute atomic E-state index is 10.8. The molecule has 104 valence electrons. The van der Waals surface area contributed by atoms with Crippen LogP contribution in [0.15, 0.2) is 5.38 Å². The fraction of sp³-hybridized carbons (Fsp3) is 0.667. The Morgan fingerprint density at radius 3 is 3.05 bits per heavy atom. The zero-order valence-electron chi connectivity index (χ0n) is 10.6. The molecule has 2 unspecified atom stereocenters. The van der Waals surface area contributed by atoms with Gasteiger partial charge in [0.05, 0.1) is 5.69 Å². The lowest BCUT2D eigenvalue weighted by Crippen LogP contribution is -2.27. The van der Waals surface area contributed by atoms with Crippen molar-refractivity contribution in [3.8, 4) is 0 Å². The molecule has 2 aliphatic rings. The number of thiazole rings is 1. The highest BCUT2D eigenvalue weighted by atomic mass is 32.1. The number of carboxylic acid groups (broad SMARTS) is 1. The molecule has 6 nitrogen and oxygen atoms in total. The summed E-state index contributed by atoms with van der Waals surface area (Å²) >= 11 is 1.42. The summed E-state index contributed by atoms with van der Waals surface area (Å²) in [5.41, 5.74) is 5.97. The minimum absolute atomic E-state index is 0.417. The molecule has 1 saturated heterocycles. The third-order valence-electron chi connectivity index (χ3n) is 3.72. The molecule has 1 saturated carbocycles. The molecule has 0 aromatic carbocycles. The summed E-state index contributed by atoms with van der Waals surface area (Å²) in [4.78, 5) is 17.6. The minimum atomic E-state index is -1.04. The Bertz CT molecular complexity index is 474. The molecule has 0 spiro atoms. The molecule has 0 radical (unpaired) electrons. The number of aromatic nitrogens is 1. The molecule has 2 fully saturated rings. The Morgan fingerprint density at radius 1 is 1.58 bits per heavy atom. The normalized spacial score (nSPS) is 25.4. The van der Waals surface area contributed by atoms with Crippen LogP contribution in [0.25, 0.3) is 0 Å². The molecule has 1 aromatic heterocycles. The van der Waals surface area contributed by atoms with E-state index in [0.717, 1.165) is 30.7 Å². The number of carboxylic acids is 1. The molecular weight excluding hydrogens is 264 g/mol. The molecule has 7 heteroatoms. The van der Waals surface area contributed by atoms with Gasteiger partial charge in [-0.05, 0) is 19.3 Å². The number of nitrogens with one attached hydrogen (secondary N) is 1. The summed E-state index contributed by atoms with van der Waals surface area (Å²) in [5, 5.41) is 14.7. The summed E-state index contributed by atoms with van der Waals surface area (Å²) in [6, 6.07) is 0.193. The molecule has 0 amide bonds. The van der Waals surface area contributed by atoms with E-state index >= 15 is 0 Å². The number of hydrogen-bond donors (Lipinski definition) is 3. The summed E-state index contributed by atoms with van der Waals surface area (Å²) in [5.74, 6) is -1.04. The topological polar surface area (TPSA) is 91.5 Å². The number of likely N-dealkylation sites (tertiary alicyclic amines) is 1. The molecular formula is C12H18N4O2S. The van der Waals surface area contributed by atoms with Gasteiger partial charge < -0.3 is 16.2 Å². The van der Waals surface area contributed by atoms with Crippen LogP contribution in [-0.4, -0.2) is 46.1 Å². The van der Waals surface area contributed by atoms with Gasteiger partial charge in [-0.1, -0.05) is 0 Å². The number of anilines is 1. The predicted molar refractivity (Wildman–Crippen MR) is 73.3 cm³/mol. The van der Waals surface area contributed by atoms with E-state index in [1.54, 1.807) is 5.38 Å². The van der Waals surface area contributed by atoms with Crippen molar-refractivity contribution >= 4 is 22.4 Å². The van der Waals surface area contributed by atoms with Gasteiger partial charge in [0.1, 0.15) is 6.04 Å². The third kappa shape index (κ3) is 2.88. The minimum Gasteiger partial charge on any atom is -0.480 e. The quantitative estimate of drug-likeness (QED) is 0.742. The Morgan fingerprint density at radius 2 is 2.37 bits per heavy atom. The maximum atomic E-state index is 10.8. The first kappa shape index (κ1) is 12.8. The van der Waals surface area contributed by atoms with Crippen LogP contribution >= 0.6 is 11.3 Å².